The second kappa shape index (κ2) is 11.4. The van der Waals surface area contributed by atoms with Gasteiger partial charge in [-0.05, 0) is 48.7 Å². The molecule has 8 heteroatoms. The number of rotatable bonds is 10. The highest BCUT2D eigenvalue weighted by Crippen LogP contribution is 2.39. The summed E-state index contributed by atoms with van der Waals surface area (Å²) >= 11 is 1.28. The van der Waals surface area contributed by atoms with Gasteiger partial charge in [0.05, 0.1) is 27.9 Å². The highest BCUT2D eigenvalue weighted by molar-refractivity contribution is 7.15. The van der Waals surface area contributed by atoms with E-state index in [0.717, 1.165) is 16.9 Å². The Bertz CT molecular complexity index is 1110. The van der Waals surface area contributed by atoms with Crippen LogP contribution in [0.3, 0.4) is 0 Å². The Kier molecular flexibility index (Phi) is 8.32. The van der Waals surface area contributed by atoms with Crippen LogP contribution in [0.15, 0.2) is 47.8 Å². The molecule has 0 radical (unpaired) electrons. The molecule has 0 atom stereocenters. The first-order valence-corrected chi connectivity index (χ1v) is 11.3. The van der Waals surface area contributed by atoms with Crippen molar-refractivity contribution in [2.24, 2.45) is 0 Å². The molecular weight excluding hydrogens is 442 g/mol. The Morgan fingerprint density at radius 3 is 2.30 bits per heavy atom. The SMILES string of the molecule is CCOC(=O)c1c(-c2ccc(OC)c(OC)c2)csc1NC(=O)CCc1ccc(OC)cc1. The molecule has 0 aliphatic rings. The van der Waals surface area contributed by atoms with Crippen LogP contribution in [0, 0.1) is 0 Å². The molecule has 0 aliphatic carbocycles. The average Bonchev–Trinajstić information content (AvgIpc) is 3.26. The Balaban J connectivity index is 1.82. The lowest BCUT2D eigenvalue weighted by Gasteiger charge is -2.11. The van der Waals surface area contributed by atoms with Gasteiger partial charge in [-0.25, -0.2) is 4.79 Å². The second-order valence-corrected chi connectivity index (χ2v) is 7.92. The van der Waals surface area contributed by atoms with Gasteiger partial charge in [0, 0.05) is 17.4 Å². The zero-order valence-corrected chi connectivity index (χ0v) is 19.9. The van der Waals surface area contributed by atoms with Crippen LogP contribution in [0.25, 0.3) is 11.1 Å². The molecule has 0 unspecified atom stereocenters. The minimum atomic E-state index is -0.492. The minimum Gasteiger partial charge on any atom is -0.497 e. The molecule has 2 aromatic carbocycles. The fraction of sp³-hybridized carbons (Fsp3) is 0.280. The first-order chi connectivity index (χ1) is 16.0. The number of esters is 1. The van der Waals surface area contributed by atoms with Crippen LogP contribution in [0.2, 0.25) is 0 Å². The Labute approximate surface area is 197 Å². The molecule has 3 rings (SSSR count). The van der Waals surface area contributed by atoms with Crippen LogP contribution >= 0.6 is 11.3 Å². The quantitative estimate of drug-likeness (QED) is 0.412. The molecule has 1 aromatic heterocycles. The van der Waals surface area contributed by atoms with Crippen molar-refractivity contribution >= 4 is 28.2 Å². The van der Waals surface area contributed by atoms with E-state index in [4.69, 9.17) is 18.9 Å². The number of ether oxygens (including phenoxy) is 4. The maximum atomic E-state index is 12.8. The van der Waals surface area contributed by atoms with E-state index in [2.05, 4.69) is 5.32 Å². The smallest absolute Gasteiger partial charge is 0.341 e. The molecule has 0 fully saturated rings. The summed E-state index contributed by atoms with van der Waals surface area (Å²) in [7, 11) is 4.72. The highest BCUT2D eigenvalue weighted by Gasteiger charge is 2.23. The lowest BCUT2D eigenvalue weighted by molar-refractivity contribution is -0.116. The van der Waals surface area contributed by atoms with Gasteiger partial charge in [-0.1, -0.05) is 18.2 Å². The van der Waals surface area contributed by atoms with E-state index in [1.54, 1.807) is 40.4 Å². The van der Waals surface area contributed by atoms with Gasteiger partial charge in [0.25, 0.3) is 0 Å². The topological polar surface area (TPSA) is 83.1 Å². The van der Waals surface area contributed by atoms with E-state index in [0.29, 0.717) is 34.0 Å². The van der Waals surface area contributed by atoms with Crippen LogP contribution in [-0.2, 0) is 16.0 Å². The third-order valence-corrected chi connectivity index (χ3v) is 5.91. The molecule has 1 amide bonds. The molecule has 0 aliphatic heterocycles. The number of aryl methyl sites for hydroxylation is 1. The maximum absolute atomic E-state index is 12.8. The van der Waals surface area contributed by atoms with Crippen molar-refractivity contribution in [1.82, 2.24) is 0 Å². The zero-order chi connectivity index (χ0) is 23.8. The number of hydrogen-bond donors (Lipinski definition) is 1. The monoisotopic (exact) mass is 469 g/mol. The molecule has 0 bridgehead atoms. The van der Waals surface area contributed by atoms with Crippen LogP contribution in [0.5, 0.6) is 17.2 Å². The van der Waals surface area contributed by atoms with Gasteiger partial charge in [-0.2, -0.15) is 0 Å². The third-order valence-electron chi connectivity index (χ3n) is 5.02. The lowest BCUT2D eigenvalue weighted by atomic mass is 10.0. The van der Waals surface area contributed by atoms with Crippen molar-refractivity contribution < 1.29 is 28.5 Å². The van der Waals surface area contributed by atoms with E-state index >= 15 is 0 Å². The zero-order valence-electron chi connectivity index (χ0n) is 19.1. The molecule has 0 saturated heterocycles. The van der Waals surface area contributed by atoms with Gasteiger partial charge in [0.1, 0.15) is 16.3 Å². The standard InChI is InChI=1S/C25H27NO6S/c1-5-32-25(28)23-19(17-9-12-20(30-3)21(14-17)31-4)15-33-24(23)26-22(27)13-8-16-6-10-18(29-2)11-7-16/h6-7,9-12,14-15H,5,8,13H2,1-4H3,(H,26,27). The molecule has 1 N–H and O–H groups in total. The van der Waals surface area contributed by atoms with Gasteiger partial charge < -0.3 is 24.3 Å². The van der Waals surface area contributed by atoms with E-state index in [9.17, 15) is 9.59 Å². The second-order valence-electron chi connectivity index (χ2n) is 7.04. The van der Waals surface area contributed by atoms with Crippen molar-refractivity contribution in [3.8, 4) is 28.4 Å². The summed E-state index contributed by atoms with van der Waals surface area (Å²) in [6.07, 6.45) is 0.844. The fourth-order valence-corrected chi connectivity index (χ4v) is 4.28. The molecule has 0 saturated carbocycles. The van der Waals surface area contributed by atoms with Crippen molar-refractivity contribution in [1.29, 1.82) is 0 Å². The average molecular weight is 470 g/mol. The number of amides is 1. The van der Waals surface area contributed by atoms with Crippen molar-refractivity contribution in [2.45, 2.75) is 19.8 Å². The normalized spacial score (nSPS) is 10.4. The predicted molar refractivity (Wildman–Crippen MR) is 129 cm³/mol. The number of nitrogens with one attached hydrogen (secondary N) is 1. The first kappa shape index (κ1) is 24.1. The van der Waals surface area contributed by atoms with Crippen LogP contribution < -0.4 is 19.5 Å². The van der Waals surface area contributed by atoms with Crippen LogP contribution in [0.4, 0.5) is 5.00 Å². The van der Waals surface area contributed by atoms with Gasteiger partial charge in [0.2, 0.25) is 5.91 Å². The summed E-state index contributed by atoms with van der Waals surface area (Å²) in [5.41, 5.74) is 2.76. The number of thiophene rings is 1. The Morgan fingerprint density at radius 1 is 0.939 bits per heavy atom. The van der Waals surface area contributed by atoms with E-state index in [-0.39, 0.29) is 18.9 Å². The van der Waals surface area contributed by atoms with Gasteiger partial charge >= 0.3 is 5.97 Å². The predicted octanol–water partition coefficient (Wildman–Crippen LogP) is 5.19. The summed E-state index contributed by atoms with van der Waals surface area (Å²) < 4.78 is 21.1. The molecule has 0 spiro atoms. The van der Waals surface area contributed by atoms with Crippen molar-refractivity contribution in [2.75, 3.05) is 33.3 Å². The molecule has 3 aromatic rings. The Morgan fingerprint density at radius 2 is 1.67 bits per heavy atom. The Hall–Kier alpha value is -3.52. The first-order valence-electron chi connectivity index (χ1n) is 10.4. The molecular formula is C25H27NO6S. The molecule has 7 nitrogen and oxygen atoms in total. The van der Waals surface area contributed by atoms with E-state index < -0.39 is 5.97 Å². The summed E-state index contributed by atoms with van der Waals surface area (Å²) in [5.74, 6) is 1.22. The van der Waals surface area contributed by atoms with E-state index in [1.165, 1.54) is 11.3 Å². The number of carbonyl (C=O) groups is 2. The molecule has 1 heterocycles. The van der Waals surface area contributed by atoms with Crippen molar-refractivity contribution in [3.05, 3.63) is 59.0 Å². The lowest BCUT2D eigenvalue weighted by Crippen LogP contribution is -2.15. The number of carbonyl (C=O) groups excluding carboxylic acids is 2. The van der Waals surface area contributed by atoms with Crippen LogP contribution in [0.1, 0.15) is 29.3 Å². The van der Waals surface area contributed by atoms with Crippen molar-refractivity contribution in [3.63, 3.8) is 0 Å². The van der Waals surface area contributed by atoms with Gasteiger partial charge in [-0.3, -0.25) is 4.79 Å². The van der Waals surface area contributed by atoms with E-state index in [1.807, 2.05) is 35.7 Å². The number of benzene rings is 2. The summed E-state index contributed by atoms with van der Waals surface area (Å²) in [6.45, 7) is 1.97. The maximum Gasteiger partial charge on any atom is 0.341 e. The summed E-state index contributed by atoms with van der Waals surface area (Å²) in [4.78, 5) is 25.4. The van der Waals surface area contributed by atoms with Crippen LogP contribution in [-0.4, -0.2) is 39.8 Å². The number of methoxy groups -OCH3 is 3. The third kappa shape index (κ3) is 5.84. The fourth-order valence-electron chi connectivity index (χ4n) is 3.31. The number of anilines is 1. The minimum absolute atomic E-state index is 0.183. The molecule has 33 heavy (non-hydrogen) atoms. The summed E-state index contributed by atoms with van der Waals surface area (Å²) in [5, 5.41) is 5.16. The van der Waals surface area contributed by atoms with Gasteiger partial charge in [0.15, 0.2) is 11.5 Å². The highest BCUT2D eigenvalue weighted by atomic mass is 32.1. The number of hydrogen-bond acceptors (Lipinski definition) is 7. The molecule has 174 valence electrons. The van der Waals surface area contributed by atoms with Gasteiger partial charge in [-0.15, -0.1) is 11.3 Å². The largest absolute Gasteiger partial charge is 0.497 e. The summed E-state index contributed by atoms with van der Waals surface area (Å²) in [6, 6.07) is 13.0.